The molecule has 9 heteroatoms. The molecule has 176 valence electrons. The van der Waals surface area contributed by atoms with Crippen LogP contribution in [0.2, 0.25) is 0 Å². The zero-order chi connectivity index (χ0) is 23.9. The van der Waals surface area contributed by atoms with Gasteiger partial charge < -0.3 is 24.9 Å². The number of ether oxygens (including phenoxy) is 2. The summed E-state index contributed by atoms with van der Waals surface area (Å²) in [5.74, 6) is -1.17. The van der Waals surface area contributed by atoms with Crippen LogP contribution in [-0.2, 0) is 27.7 Å². The Labute approximate surface area is 196 Å². The van der Waals surface area contributed by atoms with Gasteiger partial charge in [-0.3, -0.25) is 9.36 Å². The van der Waals surface area contributed by atoms with E-state index in [4.69, 9.17) is 19.6 Å². The number of nitrogens with one attached hydrogen (secondary N) is 1. The summed E-state index contributed by atoms with van der Waals surface area (Å²) in [6.07, 6.45) is 0.410. The van der Waals surface area contributed by atoms with E-state index >= 15 is 0 Å². The number of aryl methyl sites for hydroxylation is 1. The summed E-state index contributed by atoms with van der Waals surface area (Å²) < 4.78 is 18.5. The molecule has 2 fully saturated rings. The number of hydrogen-bond acceptors (Lipinski definition) is 7. The number of fused-ring (bicyclic) bond motifs is 1. The molecule has 1 aromatic heterocycles. The zero-order valence-corrected chi connectivity index (χ0v) is 18.8. The number of rotatable bonds is 5. The number of nitrogens with zero attached hydrogens (tertiary/aromatic N) is 2. The fourth-order valence-corrected chi connectivity index (χ4v) is 4.74. The number of hydrogen-bond donors (Lipinski definition) is 2. The number of oxazole rings is 1. The van der Waals surface area contributed by atoms with E-state index in [1.165, 1.54) is 4.57 Å². The van der Waals surface area contributed by atoms with E-state index < -0.39 is 17.6 Å². The highest BCUT2D eigenvalue weighted by Gasteiger charge is 2.50. The van der Waals surface area contributed by atoms with Gasteiger partial charge in [-0.15, -0.1) is 0 Å². The fraction of sp³-hybridized carbons (Fsp3) is 0.400. The Kier molecular flexibility index (Phi) is 5.73. The van der Waals surface area contributed by atoms with Crippen molar-refractivity contribution in [1.82, 2.24) is 9.88 Å². The average molecular weight is 463 g/mol. The lowest BCUT2D eigenvalue weighted by molar-refractivity contribution is -0.235. The SMILES string of the molecule is Cn1c(=O)oc2ccc(-c3ccc(C[C@@H](C#N)C4CC5(CNCC(C(N)=O)OC5)O4)cc3)cc21. The molecule has 0 aliphatic carbocycles. The van der Waals surface area contributed by atoms with E-state index in [0.29, 0.717) is 31.5 Å². The number of nitrogens with two attached hydrogens (primary N) is 1. The van der Waals surface area contributed by atoms with Crippen molar-refractivity contribution < 1.29 is 18.7 Å². The molecule has 5 rings (SSSR count). The quantitative estimate of drug-likeness (QED) is 0.587. The Morgan fingerprint density at radius 3 is 2.74 bits per heavy atom. The van der Waals surface area contributed by atoms with Crippen molar-refractivity contribution in [1.29, 1.82) is 5.26 Å². The Morgan fingerprint density at radius 1 is 1.29 bits per heavy atom. The third-order valence-corrected chi connectivity index (χ3v) is 6.77. The molecule has 0 saturated carbocycles. The summed E-state index contributed by atoms with van der Waals surface area (Å²) in [5.41, 5.74) is 9.16. The van der Waals surface area contributed by atoms with Crippen molar-refractivity contribution in [2.45, 2.75) is 30.7 Å². The third-order valence-electron chi connectivity index (χ3n) is 6.77. The molecule has 2 aliphatic rings. The van der Waals surface area contributed by atoms with Crippen LogP contribution in [0, 0.1) is 17.2 Å². The van der Waals surface area contributed by atoms with E-state index in [1.807, 2.05) is 36.4 Å². The average Bonchev–Trinajstić information content (AvgIpc) is 2.98. The second-order valence-electron chi connectivity index (χ2n) is 9.12. The predicted octanol–water partition coefficient (Wildman–Crippen LogP) is 1.48. The minimum Gasteiger partial charge on any atom is -0.408 e. The number of amides is 1. The van der Waals surface area contributed by atoms with Crippen LogP contribution in [0.1, 0.15) is 12.0 Å². The summed E-state index contributed by atoms with van der Waals surface area (Å²) in [5, 5.41) is 12.9. The number of nitriles is 1. The molecule has 0 radical (unpaired) electrons. The Balaban J connectivity index is 1.23. The summed E-state index contributed by atoms with van der Waals surface area (Å²) in [7, 11) is 1.68. The molecule has 9 nitrogen and oxygen atoms in total. The molecular formula is C25H26N4O5. The maximum absolute atomic E-state index is 11.7. The first-order valence-electron chi connectivity index (χ1n) is 11.3. The molecule has 0 bridgehead atoms. The molecule has 3 N–H and O–H groups in total. The third kappa shape index (κ3) is 4.12. The normalized spacial score (nSPS) is 25.4. The van der Waals surface area contributed by atoms with Crippen molar-refractivity contribution in [2.24, 2.45) is 18.7 Å². The highest BCUT2D eigenvalue weighted by atomic mass is 16.6. The van der Waals surface area contributed by atoms with Gasteiger partial charge in [0.25, 0.3) is 0 Å². The number of aromatic nitrogens is 1. The second kappa shape index (κ2) is 8.72. The van der Waals surface area contributed by atoms with Gasteiger partial charge in [-0.25, -0.2) is 4.79 Å². The highest BCUT2D eigenvalue weighted by molar-refractivity contribution is 5.80. The van der Waals surface area contributed by atoms with Gasteiger partial charge in [0.15, 0.2) is 5.58 Å². The largest absolute Gasteiger partial charge is 0.419 e. The van der Waals surface area contributed by atoms with Gasteiger partial charge in [-0.05, 0) is 35.2 Å². The van der Waals surface area contributed by atoms with Crippen LogP contribution in [0.15, 0.2) is 51.7 Å². The molecule has 4 atom stereocenters. The van der Waals surface area contributed by atoms with Crippen LogP contribution < -0.4 is 16.8 Å². The Bertz CT molecular complexity index is 1310. The van der Waals surface area contributed by atoms with Crippen LogP contribution in [0.4, 0.5) is 0 Å². The van der Waals surface area contributed by atoms with Crippen LogP contribution in [0.25, 0.3) is 22.2 Å². The molecule has 34 heavy (non-hydrogen) atoms. The topological polar surface area (TPSA) is 133 Å². The van der Waals surface area contributed by atoms with E-state index in [0.717, 1.165) is 22.2 Å². The second-order valence-corrected chi connectivity index (χ2v) is 9.12. The van der Waals surface area contributed by atoms with Gasteiger partial charge in [0.2, 0.25) is 5.91 Å². The van der Waals surface area contributed by atoms with Gasteiger partial charge in [-0.1, -0.05) is 30.3 Å². The summed E-state index contributed by atoms with van der Waals surface area (Å²) in [6.45, 7) is 1.21. The maximum atomic E-state index is 11.7. The van der Waals surface area contributed by atoms with Crippen molar-refractivity contribution in [3.63, 3.8) is 0 Å². The van der Waals surface area contributed by atoms with Crippen LogP contribution in [-0.4, -0.2) is 48.0 Å². The van der Waals surface area contributed by atoms with E-state index in [-0.39, 0.29) is 24.4 Å². The Hall–Kier alpha value is -3.45. The molecular weight excluding hydrogens is 436 g/mol. The van der Waals surface area contributed by atoms with Gasteiger partial charge in [0.05, 0.1) is 30.2 Å². The lowest BCUT2D eigenvalue weighted by atomic mass is 9.81. The van der Waals surface area contributed by atoms with Crippen LogP contribution in [0.5, 0.6) is 0 Å². The summed E-state index contributed by atoms with van der Waals surface area (Å²) in [6, 6.07) is 16.1. The lowest BCUT2D eigenvalue weighted by Crippen LogP contribution is -2.60. The van der Waals surface area contributed by atoms with Crippen LogP contribution >= 0.6 is 0 Å². The number of carbonyl (C=O) groups excluding carboxylic acids is 1. The van der Waals surface area contributed by atoms with E-state index in [1.54, 1.807) is 13.1 Å². The summed E-state index contributed by atoms with van der Waals surface area (Å²) in [4.78, 5) is 23.1. The minimum atomic E-state index is -0.661. The molecule has 2 saturated heterocycles. The van der Waals surface area contributed by atoms with Gasteiger partial charge >= 0.3 is 5.76 Å². The van der Waals surface area contributed by atoms with Crippen LogP contribution in [0.3, 0.4) is 0 Å². The highest BCUT2D eigenvalue weighted by Crippen LogP contribution is 2.39. The van der Waals surface area contributed by atoms with Crippen molar-refractivity contribution in [3.8, 4) is 17.2 Å². The van der Waals surface area contributed by atoms with Crippen molar-refractivity contribution in [2.75, 3.05) is 19.7 Å². The number of benzene rings is 2. The molecule has 1 amide bonds. The van der Waals surface area contributed by atoms with Crippen molar-refractivity contribution >= 4 is 17.0 Å². The molecule has 3 aromatic rings. The first-order chi connectivity index (χ1) is 16.4. The first-order valence-corrected chi connectivity index (χ1v) is 11.3. The zero-order valence-electron chi connectivity index (χ0n) is 18.8. The lowest BCUT2D eigenvalue weighted by Gasteiger charge is -2.48. The van der Waals surface area contributed by atoms with Gasteiger partial charge in [0, 0.05) is 26.6 Å². The minimum absolute atomic E-state index is 0.190. The monoisotopic (exact) mass is 462 g/mol. The first kappa shape index (κ1) is 22.3. The van der Waals surface area contributed by atoms with Gasteiger partial charge in [-0.2, -0.15) is 5.26 Å². The molecule has 3 unspecified atom stereocenters. The molecule has 1 spiro atoms. The fourth-order valence-electron chi connectivity index (χ4n) is 4.74. The number of primary amides is 1. The molecule has 2 aliphatic heterocycles. The van der Waals surface area contributed by atoms with Gasteiger partial charge in [0.1, 0.15) is 11.7 Å². The number of carbonyl (C=O) groups is 1. The smallest absolute Gasteiger partial charge is 0.408 e. The van der Waals surface area contributed by atoms with E-state index in [9.17, 15) is 14.9 Å². The Morgan fingerprint density at radius 2 is 2.03 bits per heavy atom. The molecule has 2 aromatic carbocycles. The summed E-state index contributed by atoms with van der Waals surface area (Å²) >= 11 is 0. The predicted molar refractivity (Wildman–Crippen MR) is 124 cm³/mol. The van der Waals surface area contributed by atoms with Crippen molar-refractivity contribution in [3.05, 3.63) is 58.6 Å². The maximum Gasteiger partial charge on any atom is 0.419 e. The molecule has 3 heterocycles. The standard InChI is InChI=1S/C25H26N4O5/c1-29-19-9-17(6-7-20(19)33-24(29)31)16-4-2-15(3-5-16)8-18(11-26)21-10-25(34-21)13-28-12-22(23(27)30)32-14-25/h2-7,9,18,21-22,28H,8,10,12-14H2,1H3,(H2,27,30)/t18-,21?,22?,25?/m0/s1. The van der Waals surface area contributed by atoms with E-state index in [2.05, 4.69) is 11.4 Å².